The molecule has 0 fully saturated rings. The van der Waals surface area contributed by atoms with E-state index in [9.17, 15) is 0 Å². The Kier molecular flexibility index (Phi) is 4.94. The van der Waals surface area contributed by atoms with Gasteiger partial charge in [0.1, 0.15) is 15.9 Å². The predicted octanol–water partition coefficient (Wildman–Crippen LogP) is 3.89. The summed E-state index contributed by atoms with van der Waals surface area (Å²) in [6.45, 7) is 2.93. The minimum atomic E-state index is 0.590. The second-order valence-corrected chi connectivity index (χ2v) is 6.32. The molecule has 0 atom stereocenters. The van der Waals surface area contributed by atoms with Crippen LogP contribution in [0.2, 0.25) is 0 Å². The summed E-state index contributed by atoms with van der Waals surface area (Å²) in [5, 5.41) is 13.4. The molecule has 0 aliphatic heterocycles. The summed E-state index contributed by atoms with van der Waals surface area (Å²) in [5.41, 5.74) is 9.15. The van der Waals surface area contributed by atoms with E-state index in [1.165, 1.54) is 22.5 Å². The first-order valence-electron chi connectivity index (χ1n) is 6.31. The fourth-order valence-electron chi connectivity index (χ4n) is 2.02. The number of rotatable bonds is 5. The first-order valence-corrected chi connectivity index (χ1v) is 8.35. The Hall–Kier alpha value is -1.64. The van der Waals surface area contributed by atoms with Crippen molar-refractivity contribution in [1.82, 2.24) is 0 Å². The third-order valence-corrected chi connectivity index (χ3v) is 5.02. The summed E-state index contributed by atoms with van der Waals surface area (Å²) in [6.07, 6.45) is 2.93. The van der Waals surface area contributed by atoms with Gasteiger partial charge in [-0.1, -0.05) is 29.8 Å². The highest BCUT2D eigenvalue weighted by atomic mass is 32.2. The van der Waals surface area contributed by atoms with Crippen molar-refractivity contribution in [1.29, 1.82) is 5.26 Å². The number of nitriles is 1. The lowest BCUT2D eigenvalue weighted by atomic mass is 10.1. The first-order chi connectivity index (χ1) is 9.65. The number of nitrogens with two attached hydrogens (primary N) is 1. The molecule has 0 aliphatic carbocycles. The number of thiophene rings is 1. The van der Waals surface area contributed by atoms with Gasteiger partial charge in [-0.05, 0) is 25.2 Å². The maximum absolute atomic E-state index is 9.03. The van der Waals surface area contributed by atoms with Crippen LogP contribution in [0.3, 0.4) is 0 Å². The fourth-order valence-corrected chi connectivity index (χ4v) is 3.88. The standard InChI is InChI=1S/C15H17N3S2/c1-10-4-3-5-11(8-10)6-7-18-15-14(19-2)13(17)12(9-16)20-15/h3-5,8,18H,6-7,17H2,1-2H3. The molecule has 0 aliphatic rings. The molecule has 0 saturated heterocycles. The lowest BCUT2D eigenvalue weighted by Gasteiger charge is -2.07. The van der Waals surface area contributed by atoms with E-state index in [2.05, 4.69) is 42.6 Å². The molecule has 0 saturated carbocycles. The Balaban J connectivity index is 2.03. The van der Waals surface area contributed by atoms with Gasteiger partial charge in [0.15, 0.2) is 0 Å². The van der Waals surface area contributed by atoms with E-state index in [0.29, 0.717) is 10.6 Å². The van der Waals surface area contributed by atoms with Gasteiger partial charge in [-0.15, -0.1) is 23.1 Å². The van der Waals surface area contributed by atoms with Gasteiger partial charge in [0.05, 0.1) is 10.6 Å². The van der Waals surface area contributed by atoms with Crippen LogP contribution in [0.1, 0.15) is 16.0 Å². The van der Waals surface area contributed by atoms with E-state index in [4.69, 9.17) is 11.0 Å². The first kappa shape index (κ1) is 14.8. The van der Waals surface area contributed by atoms with E-state index < -0.39 is 0 Å². The minimum absolute atomic E-state index is 0.590. The number of anilines is 2. The van der Waals surface area contributed by atoms with Crippen molar-refractivity contribution in [3.05, 3.63) is 40.3 Å². The van der Waals surface area contributed by atoms with E-state index in [1.807, 2.05) is 6.26 Å². The van der Waals surface area contributed by atoms with Gasteiger partial charge in [-0.2, -0.15) is 5.26 Å². The molecule has 0 radical (unpaired) electrons. The molecular formula is C15H17N3S2. The van der Waals surface area contributed by atoms with Crippen LogP contribution in [0.5, 0.6) is 0 Å². The van der Waals surface area contributed by atoms with Crippen LogP contribution in [0.15, 0.2) is 29.2 Å². The van der Waals surface area contributed by atoms with E-state index >= 15 is 0 Å². The third-order valence-electron chi connectivity index (χ3n) is 2.99. The highest BCUT2D eigenvalue weighted by Crippen LogP contribution is 2.41. The van der Waals surface area contributed by atoms with Crippen LogP contribution >= 0.6 is 23.1 Å². The number of aryl methyl sites for hydroxylation is 1. The zero-order chi connectivity index (χ0) is 14.5. The molecule has 0 spiro atoms. The number of hydrogen-bond acceptors (Lipinski definition) is 5. The summed E-state index contributed by atoms with van der Waals surface area (Å²) in [7, 11) is 0. The van der Waals surface area contributed by atoms with Gasteiger partial charge < -0.3 is 11.1 Å². The molecule has 5 heteroatoms. The van der Waals surface area contributed by atoms with Crippen molar-refractivity contribution in [2.45, 2.75) is 18.2 Å². The normalized spacial score (nSPS) is 10.2. The number of benzene rings is 1. The summed E-state index contributed by atoms with van der Waals surface area (Å²) in [6, 6.07) is 10.7. The third kappa shape index (κ3) is 3.27. The molecule has 104 valence electrons. The lowest BCUT2D eigenvalue weighted by Crippen LogP contribution is -2.04. The Labute approximate surface area is 127 Å². The number of nitrogen functional groups attached to an aromatic ring is 1. The maximum Gasteiger partial charge on any atom is 0.131 e. The predicted molar refractivity (Wildman–Crippen MR) is 88.6 cm³/mol. The summed E-state index contributed by atoms with van der Waals surface area (Å²) >= 11 is 3.01. The Morgan fingerprint density at radius 2 is 2.25 bits per heavy atom. The number of nitrogens with zero attached hydrogens (tertiary/aromatic N) is 1. The molecule has 20 heavy (non-hydrogen) atoms. The zero-order valence-corrected chi connectivity index (χ0v) is 13.2. The van der Waals surface area contributed by atoms with Crippen LogP contribution < -0.4 is 11.1 Å². The average Bonchev–Trinajstić information content (AvgIpc) is 2.74. The molecule has 2 aromatic rings. The molecule has 0 bridgehead atoms. The van der Waals surface area contributed by atoms with E-state index in [0.717, 1.165) is 22.9 Å². The van der Waals surface area contributed by atoms with Crippen molar-refractivity contribution >= 4 is 33.8 Å². The maximum atomic E-state index is 9.03. The summed E-state index contributed by atoms with van der Waals surface area (Å²) in [4.78, 5) is 1.57. The summed E-state index contributed by atoms with van der Waals surface area (Å²) < 4.78 is 0. The van der Waals surface area contributed by atoms with Crippen LogP contribution in [0.4, 0.5) is 10.7 Å². The second-order valence-electron chi connectivity index (χ2n) is 4.48. The van der Waals surface area contributed by atoms with E-state index in [-0.39, 0.29) is 0 Å². The molecule has 0 amide bonds. The topological polar surface area (TPSA) is 61.8 Å². The van der Waals surface area contributed by atoms with Crippen molar-refractivity contribution in [2.75, 3.05) is 23.9 Å². The average molecular weight is 303 g/mol. The zero-order valence-electron chi connectivity index (χ0n) is 11.6. The molecule has 3 nitrogen and oxygen atoms in total. The van der Waals surface area contributed by atoms with Gasteiger partial charge in [0.2, 0.25) is 0 Å². The van der Waals surface area contributed by atoms with Gasteiger partial charge in [0.25, 0.3) is 0 Å². The van der Waals surface area contributed by atoms with Crippen molar-refractivity contribution < 1.29 is 0 Å². The molecule has 1 aromatic carbocycles. The number of nitrogens with one attached hydrogen (secondary N) is 1. The Morgan fingerprint density at radius 3 is 2.90 bits per heavy atom. The Bertz CT molecular complexity index is 641. The van der Waals surface area contributed by atoms with Crippen LogP contribution in [-0.4, -0.2) is 12.8 Å². The molecule has 1 aromatic heterocycles. The van der Waals surface area contributed by atoms with Gasteiger partial charge in [-0.25, -0.2) is 0 Å². The molecule has 1 heterocycles. The SMILES string of the molecule is CSc1c(NCCc2cccc(C)c2)sc(C#N)c1N. The Morgan fingerprint density at radius 1 is 1.45 bits per heavy atom. The quantitative estimate of drug-likeness (QED) is 0.823. The smallest absolute Gasteiger partial charge is 0.131 e. The number of hydrogen-bond donors (Lipinski definition) is 2. The minimum Gasteiger partial charge on any atom is -0.396 e. The summed E-state index contributed by atoms with van der Waals surface area (Å²) in [5.74, 6) is 0. The monoisotopic (exact) mass is 303 g/mol. The molecule has 3 N–H and O–H groups in total. The largest absolute Gasteiger partial charge is 0.396 e. The lowest BCUT2D eigenvalue weighted by molar-refractivity contribution is 1.02. The van der Waals surface area contributed by atoms with Crippen LogP contribution in [-0.2, 0) is 6.42 Å². The molecular weight excluding hydrogens is 286 g/mol. The van der Waals surface area contributed by atoms with Gasteiger partial charge >= 0.3 is 0 Å². The number of thioether (sulfide) groups is 1. The van der Waals surface area contributed by atoms with Crippen molar-refractivity contribution in [3.63, 3.8) is 0 Å². The highest BCUT2D eigenvalue weighted by molar-refractivity contribution is 7.99. The van der Waals surface area contributed by atoms with Crippen molar-refractivity contribution in [2.24, 2.45) is 0 Å². The van der Waals surface area contributed by atoms with Crippen molar-refractivity contribution in [3.8, 4) is 6.07 Å². The van der Waals surface area contributed by atoms with Gasteiger partial charge in [-0.3, -0.25) is 0 Å². The van der Waals surface area contributed by atoms with E-state index in [1.54, 1.807) is 11.8 Å². The molecule has 2 rings (SSSR count). The fraction of sp³-hybridized carbons (Fsp3) is 0.267. The molecule has 0 unspecified atom stereocenters. The van der Waals surface area contributed by atoms with Gasteiger partial charge in [0, 0.05) is 6.54 Å². The van der Waals surface area contributed by atoms with Crippen LogP contribution in [0, 0.1) is 18.3 Å². The van der Waals surface area contributed by atoms with Crippen LogP contribution in [0.25, 0.3) is 0 Å². The highest BCUT2D eigenvalue weighted by Gasteiger charge is 2.14. The second kappa shape index (κ2) is 6.69.